The van der Waals surface area contributed by atoms with Crippen LogP contribution in [-0.2, 0) is 6.54 Å². The number of hydrogen-bond donors (Lipinski definition) is 2. The average molecular weight is 522 g/mol. The Labute approximate surface area is 227 Å². The van der Waals surface area contributed by atoms with Gasteiger partial charge < -0.3 is 15.5 Å². The Balaban J connectivity index is 1.37. The fourth-order valence-electron chi connectivity index (χ4n) is 4.29. The molecule has 190 valence electrons. The summed E-state index contributed by atoms with van der Waals surface area (Å²) in [5.41, 5.74) is 6.70. The molecular weight excluding hydrogens is 494 g/mol. The van der Waals surface area contributed by atoms with E-state index in [1.807, 2.05) is 93.8 Å². The second kappa shape index (κ2) is 11.0. The molecule has 0 unspecified atom stereocenters. The molecule has 0 atom stereocenters. The van der Waals surface area contributed by atoms with Crippen LogP contribution in [0.5, 0.6) is 0 Å². The summed E-state index contributed by atoms with van der Waals surface area (Å²) in [4.78, 5) is 24.5. The Kier molecular flexibility index (Phi) is 7.36. The molecule has 0 radical (unpaired) electrons. The average Bonchev–Trinajstić information content (AvgIpc) is 2.90. The van der Waals surface area contributed by atoms with E-state index in [2.05, 4.69) is 21.6 Å². The van der Waals surface area contributed by atoms with Gasteiger partial charge in [-0.25, -0.2) is 9.97 Å². The number of aromatic nitrogens is 2. The first-order valence-corrected chi connectivity index (χ1v) is 12.7. The quantitative estimate of drug-likeness (QED) is 0.235. The summed E-state index contributed by atoms with van der Waals surface area (Å²) < 4.78 is 0. The molecule has 5 rings (SSSR count). The molecule has 1 aromatic heterocycles. The highest BCUT2D eigenvalue weighted by Crippen LogP contribution is 2.32. The normalized spacial score (nSPS) is 11.1. The maximum atomic E-state index is 13.0. The number of anilines is 3. The molecule has 0 aliphatic heterocycles. The zero-order valence-corrected chi connectivity index (χ0v) is 22.3. The second-order valence-electron chi connectivity index (χ2n) is 9.44. The maximum Gasteiger partial charge on any atom is 0.255 e. The van der Waals surface area contributed by atoms with E-state index in [-0.39, 0.29) is 5.91 Å². The first-order valence-electron chi connectivity index (χ1n) is 12.3. The summed E-state index contributed by atoms with van der Waals surface area (Å²) in [7, 11) is 4.04. The number of rotatable bonds is 7. The van der Waals surface area contributed by atoms with Crippen molar-refractivity contribution in [1.29, 1.82) is 0 Å². The van der Waals surface area contributed by atoms with Crippen molar-refractivity contribution in [2.45, 2.75) is 13.5 Å². The fraction of sp³-hybridized carbons (Fsp3) is 0.129. The van der Waals surface area contributed by atoms with Crippen LogP contribution in [0.25, 0.3) is 22.2 Å². The standard InChI is InChI=1S/C31H28ClN5O/c1-20-12-13-21(19-37(2)3)18-28(20)34-30(38)22-14-16-23(17-15-22)33-31-35-27-11-7-5-9-25(27)29(36-31)24-8-4-6-10-26(24)32/h4-18H,19H2,1-3H3,(H,34,38)(H,33,35,36). The number of carbonyl (C=O) groups excluding carboxylic acids is 1. The maximum absolute atomic E-state index is 13.0. The Bertz CT molecular complexity index is 1620. The minimum Gasteiger partial charge on any atom is -0.324 e. The number of halogens is 1. The Morgan fingerprint density at radius 1 is 0.895 bits per heavy atom. The van der Waals surface area contributed by atoms with Crippen molar-refractivity contribution in [2.24, 2.45) is 0 Å². The lowest BCUT2D eigenvalue weighted by molar-refractivity contribution is 0.102. The molecule has 6 nitrogen and oxygen atoms in total. The third kappa shape index (κ3) is 5.67. The Hall–Kier alpha value is -4.26. The minimum absolute atomic E-state index is 0.162. The molecule has 7 heteroatoms. The van der Waals surface area contributed by atoms with E-state index in [4.69, 9.17) is 21.6 Å². The zero-order valence-electron chi connectivity index (χ0n) is 21.5. The van der Waals surface area contributed by atoms with Crippen LogP contribution in [0.2, 0.25) is 5.02 Å². The summed E-state index contributed by atoms with van der Waals surface area (Å²) in [5, 5.41) is 7.86. The van der Waals surface area contributed by atoms with E-state index in [0.717, 1.165) is 51.2 Å². The molecule has 5 aromatic rings. The molecule has 38 heavy (non-hydrogen) atoms. The van der Waals surface area contributed by atoms with E-state index in [9.17, 15) is 4.79 Å². The highest BCUT2D eigenvalue weighted by Gasteiger charge is 2.13. The van der Waals surface area contributed by atoms with Crippen LogP contribution in [0.3, 0.4) is 0 Å². The largest absolute Gasteiger partial charge is 0.324 e. The van der Waals surface area contributed by atoms with Gasteiger partial charge in [0.1, 0.15) is 0 Å². The van der Waals surface area contributed by atoms with Crippen molar-refractivity contribution < 1.29 is 4.79 Å². The van der Waals surface area contributed by atoms with Gasteiger partial charge in [0.05, 0.1) is 11.2 Å². The van der Waals surface area contributed by atoms with Crippen LogP contribution in [-0.4, -0.2) is 34.9 Å². The van der Waals surface area contributed by atoms with Gasteiger partial charge in [0.15, 0.2) is 0 Å². The molecule has 0 bridgehead atoms. The highest BCUT2D eigenvalue weighted by molar-refractivity contribution is 6.33. The second-order valence-corrected chi connectivity index (χ2v) is 9.84. The van der Waals surface area contributed by atoms with Crippen LogP contribution in [0.1, 0.15) is 21.5 Å². The number of amides is 1. The van der Waals surface area contributed by atoms with Crippen LogP contribution in [0, 0.1) is 6.92 Å². The number of hydrogen-bond acceptors (Lipinski definition) is 5. The lowest BCUT2D eigenvalue weighted by Gasteiger charge is -2.14. The van der Waals surface area contributed by atoms with Gasteiger partial charge in [-0.1, -0.05) is 60.1 Å². The predicted octanol–water partition coefficient (Wildman–Crippen LogP) is 7.32. The van der Waals surface area contributed by atoms with E-state index in [1.54, 1.807) is 12.1 Å². The molecular formula is C31H28ClN5O. The third-order valence-corrected chi connectivity index (χ3v) is 6.51. The number of fused-ring (bicyclic) bond motifs is 1. The first-order chi connectivity index (χ1) is 18.4. The van der Waals surface area contributed by atoms with Crippen molar-refractivity contribution in [3.63, 3.8) is 0 Å². The number of aryl methyl sites for hydroxylation is 1. The lowest BCUT2D eigenvalue weighted by Crippen LogP contribution is -2.14. The number of carbonyl (C=O) groups is 1. The Morgan fingerprint density at radius 3 is 2.39 bits per heavy atom. The van der Waals surface area contributed by atoms with Crippen molar-refractivity contribution in [2.75, 3.05) is 24.7 Å². The topological polar surface area (TPSA) is 70.2 Å². The van der Waals surface area contributed by atoms with Gasteiger partial charge >= 0.3 is 0 Å². The van der Waals surface area contributed by atoms with Crippen molar-refractivity contribution in [3.8, 4) is 11.3 Å². The van der Waals surface area contributed by atoms with Crippen LogP contribution < -0.4 is 10.6 Å². The molecule has 0 saturated carbocycles. The number of benzene rings is 4. The molecule has 0 fully saturated rings. The first kappa shape index (κ1) is 25.4. The molecule has 0 saturated heterocycles. The monoisotopic (exact) mass is 521 g/mol. The third-order valence-electron chi connectivity index (χ3n) is 6.18. The number of nitrogens with zero attached hydrogens (tertiary/aromatic N) is 3. The molecule has 1 heterocycles. The highest BCUT2D eigenvalue weighted by atomic mass is 35.5. The lowest BCUT2D eigenvalue weighted by atomic mass is 10.1. The van der Waals surface area contributed by atoms with E-state index in [1.165, 1.54) is 0 Å². The summed E-state index contributed by atoms with van der Waals surface area (Å²) >= 11 is 6.50. The van der Waals surface area contributed by atoms with E-state index in [0.29, 0.717) is 16.5 Å². The van der Waals surface area contributed by atoms with E-state index >= 15 is 0 Å². The van der Waals surface area contributed by atoms with Gasteiger partial charge in [-0.15, -0.1) is 0 Å². The zero-order chi connectivity index (χ0) is 26.6. The van der Waals surface area contributed by atoms with E-state index < -0.39 is 0 Å². The molecule has 1 amide bonds. The van der Waals surface area contributed by atoms with Gasteiger partial charge in [0.25, 0.3) is 5.91 Å². The van der Waals surface area contributed by atoms with Gasteiger partial charge in [0, 0.05) is 39.5 Å². The summed E-state index contributed by atoms with van der Waals surface area (Å²) in [6.45, 7) is 2.79. The van der Waals surface area contributed by atoms with Crippen LogP contribution in [0.15, 0.2) is 91.0 Å². The van der Waals surface area contributed by atoms with Gasteiger partial charge in [-0.3, -0.25) is 4.79 Å². The van der Waals surface area contributed by atoms with Crippen molar-refractivity contribution in [3.05, 3.63) is 113 Å². The molecule has 0 aliphatic carbocycles. The number of para-hydroxylation sites is 1. The number of nitrogens with one attached hydrogen (secondary N) is 2. The van der Waals surface area contributed by atoms with Crippen LogP contribution >= 0.6 is 11.6 Å². The van der Waals surface area contributed by atoms with Gasteiger partial charge in [0.2, 0.25) is 5.95 Å². The predicted molar refractivity (Wildman–Crippen MR) is 156 cm³/mol. The molecule has 4 aromatic carbocycles. The molecule has 0 aliphatic rings. The van der Waals surface area contributed by atoms with Crippen molar-refractivity contribution in [1.82, 2.24) is 14.9 Å². The smallest absolute Gasteiger partial charge is 0.255 e. The summed E-state index contributed by atoms with van der Waals surface area (Å²) in [6.07, 6.45) is 0. The minimum atomic E-state index is -0.162. The fourth-order valence-corrected chi connectivity index (χ4v) is 4.51. The van der Waals surface area contributed by atoms with Crippen molar-refractivity contribution >= 4 is 45.7 Å². The van der Waals surface area contributed by atoms with Gasteiger partial charge in [-0.05, 0) is 74.6 Å². The molecule has 0 spiro atoms. The van der Waals surface area contributed by atoms with Crippen LogP contribution in [0.4, 0.5) is 17.3 Å². The SMILES string of the molecule is Cc1ccc(CN(C)C)cc1NC(=O)c1ccc(Nc2nc(-c3ccccc3Cl)c3ccccc3n2)cc1. The summed E-state index contributed by atoms with van der Waals surface area (Å²) in [5.74, 6) is 0.286. The van der Waals surface area contributed by atoms with Gasteiger partial charge in [-0.2, -0.15) is 0 Å². The Morgan fingerprint density at radius 2 is 1.63 bits per heavy atom. The molecule has 2 N–H and O–H groups in total. The summed E-state index contributed by atoms with van der Waals surface area (Å²) in [6, 6.07) is 28.9.